The van der Waals surface area contributed by atoms with Gasteiger partial charge >= 0.3 is 0 Å². The molecule has 80 valence electrons. The second-order valence-corrected chi connectivity index (χ2v) is 5.49. The summed E-state index contributed by atoms with van der Waals surface area (Å²) in [5, 5.41) is 6.07. The molecule has 0 amide bonds. The van der Waals surface area contributed by atoms with Gasteiger partial charge in [-0.2, -0.15) is 0 Å². The third-order valence-electron chi connectivity index (χ3n) is 1.74. The summed E-state index contributed by atoms with van der Waals surface area (Å²) in [6, 6.07) is 0. The van der Waals surface area contributed by atoms with Crippen LogP contribution in [0.5, 0.6) is 0 Å². The Balaban J connectivity index is 2.62. The molecular weight excluding hydrogens is 296 g/mol. The van der Waals surface area contributed by atoms with Crippen molar-refractivity contribution in [3.8, 4) is 0 Å². The normalized spacial score (nSPS) is 11.1. The van der Waals surface area contributed by atoms with Crippen molar-refractivity contribution in [1.82, 2.24) is 19.6 Å². The Labute approximate surface area is 104 Å². The van der Waals surface area contributed by atoms with E-state index in [2.05, 4.69) is 37.9 Å². The van der Waals surface area contributed by atoms with E-state index in [1.807, 2.05) is 6.26 Å². The van der Waals surface area contributed by atoms with E-state index in [1.54, 1.807) is 34.2 Å². The molecule has 2 aromatic heterocycles. The number of imidazole rings is 1. The van der Waals surface area contributed by atoms with Crippen molar-refractivity contribution in [2.75, 3.05) is 12.0 Å². The van der Waals surface area contributed by atoms with Crippen LogP contribution in [0.2, 0.25) is 0 Å². The molecule has 0 bridgehead atoms. The van der Waals surface area contributed by atoms with Gasteiger partial charge in [0.25, 0.3) is 0 Å². The molecule has 2 rings (SSSR count). The second kappa shape index (κ2) is 4.71. The fraction of sp³-hybridized carbons (Fsp3) is 0.375. The zero-order valence-corrected chi connectivity index (χ0v) is 11.5. The van der Waals surface area contributed by atoms with Crippen LogP contribution in [0.4, 0.5) is 0 Å². The first-order chi connectivity index (χ1) is 7.26. The van der Waals surface area contributed by atoms with Crippen LogP contribution in [0.3, 0.4) is 0 Å². The first-order valence-corrected chi connectivity index (χ1v) is 7.34. The molecule has 2 heterocycles. The Bertz CT molecular complexity index is 485. The summed E-state index contributed by atoms with van der Waals surface area (Å²) in [5.41, 5.74) is 0.801. The van der Waals surface area contributed by atoms with E-state index < -0.39 is 0 Å². The summed E-state index contributed by atoms with van der Waals surface area (Å²) >= 11 is 6.62. The van der Waals surface area contributed by atoms with E-state index in [0.29, 0.717) is 0 Å². The van der Waals surface area contributed by atoms with E-state index in [-0.39, 0.29) is 0 Å². The lowest BCUT2D eigenvalue weighted by molar-refractivity contribution is 0.746. The van der Waals surface area contributed by atoms with Crippen molar-refractivity contribution in [1.29, 1.82) is 0 Å². The van der Waals surface area contributed by atoms with Crippen LogP contribution in [0.1, 0.15) is 6.92 Å². The smallest absolute Gasteiger partial charge is 0.208 e. The van der Waals surface area contributed by atoms with Crippen molar-refractivity contribution in [2.45, 2.75) is 17.1 Å². The number of thioether (sulfide) groups is 2. The lowest BCUT2D eigenvalue weighted by atomic mass is 10.8. The van der Waals surface area contributed by atoms with Crippen LogP contribution in [0.25, 0.3) is 5.65 Å². The molecule has 0 atom stereocenters. The average molecular weight is 305 g/mol. The fourth-order valence-corrected chi connectivity index (χ4v) is 2.60. The highest BCUT2D eigenvalue weighted by atomic mass is 79.9. The molecule has 0 aromatic carbocycles. The summed E-state index contributed by atoms with van der Waals surface area (Å²) in [6.07, 6.45) is 3.73. The maximum Gasteiger partial charge on any atom is 0.208 e. The van der Waals surface area contributed by atoms with Crippen LogP contribution < -0.4 is 0 Å². The third kappa shape index (κ3) is 2.14. The maximum atomic E-state index is 4.43. The van der Waals surface area contributed by atoms with Gasteiger partial charge in [-0.25, -0.2) is 14.5 Å². The van der Waals surface area contributed by atoms with Crippen molar-refractivity contribution in [2.24, 2.45) is 0 Å². The predicted octanol–water partition coefficient (Wildman–Crippen LogP) is 2.72. The molecule has 2 aromatic rings. The monoisotopic (exact) mass is 304 g/mol. The number of hydrogen-bond donors (Lipinski definition) is 0. The van der Waals surface area contributed by atoms with Crippen LogP contribution in [0.15, 0.2) is 21.0 Å². The van der Waals surface area contributed by atoms with E-state index >= 15 is 0 Å². The highest BCUT2D eigenvalue weighted by Crippen LogP contribution is 2.23. The van der Waals surface area contributed by atoms with Gasteiger partial charge in [0, 0.05) is 0 Å². The quantitative estimate of drug-likeness (QED) is 0.816. The van der Waals surface area contributed by atoms with Gasteiger partial charge in [-0.15, -0.1) is 16.9 Å². The fourth-order valence-electron chi connectivity index (χ4n) is 1.14. The van der Waals surface area contributed by atoms with Gasteiger partial charge in [0.15, 0.2) is 5.65 Å². The number of aromatic nitrogens is 4. The zero-order valence-electron chi connectivity index (χ0n) is 8.27. The number of halogens is 1. The lowest BCUT2D eigenvalue weighted by Gasteiger charge is -2.02. The molecule has 0 saturated carbocycles. The molecule has 0 radical (unpaired) electrons. The van der Waals surface area contributed by atoms with Crippen molar-refractivity contribution < 1.29 is 0 Å². The van der Waals surface area contributed by atoms with Crippen LogP contribution in [0, 0.1) is 0 Å². The first kappa shape index (κ1) is 11.2. The molecular formula is C8H9BrN4S2. The van der Waals surface area contributed by atoms with Gasteiger partial charge in [0.1, 0.15) is 9.63 Å². The summed E-state index contributed by atoms with van der Waals surface area (Å²) in [5.74, 6) is 0.964. The van der Waals surface area contributed by atoms with Crippen LogP contribution >= 0.6 is 39.5 Å². The SMILES string of the molecule is CCSc1nc(SC)c2ncc(Br)n2n1. The Morgan fingerprint density at radius 3 is 3.00 bits per heavy atom. The summed E-state index contributed by atoms with van der Waals surface area (Å²) in [4.78, 5) is 8.68. The summed E-state index contributed by atoms with van der Waals surface area (Å²) < 4.78 is 2.63. The molecule has 0 saturated heterocycles. The van der Waals surface area contributed by atoms with Gasteiger partial charge in [-0.05, 0) is 27.9 Å². The zero-order chi connectivity index (χ0) is 10.8. The van der Waals surface area contributed by atoms with Gasteiger partial charge in [0.2, 0.25) is 5.16 Å². The largest absolute Gasteiger partial charge is 0.232 e. The standard InChI is InChI=1S/C8H9BrN4S2/c1-3-15-8-11-7(14-2)6-10-4-5(9)13(6)12-8/h4H,3H2,1-2H3. The van der Waals surface area contributed by atoms with Gasteiger partial charge < -0.3 is 0 Å². The lowest BCUT2D eigenvalue weighted by Crippen LogP contribution is -2.00. The molecule has 0 aliphatic heterocycles. The Kier molecular flexibility index (Phi) is 3.53. The molecule has 0 unspecified atom stereocenters. The van der Waals surface area contributed by atoms with Crippen LogP contribution in [-0.2, 0) is 0 Å². The highest BCUT2D eigenvalue weighted by Gasteiger charge is 2.10. The van der Waals surface area contributed by atoms with Gasteiger partial charge in [-0.3, -0.25) is 0 Å². The van der Waals surface area contributed by atoms with E-state index in [1.165, 1.54) is 0 Å². The third-order valence-corrected chi connectivity index (χ3v) is 3.66. The molecule has 0 spiro atoms. The molecule has 0 aliphatic carbocycles. The minimum atomic E-state index is 0.785. The summed E-state index contributed by atoms with van der Waals surface area (Å²) in [7, 11) is 0. The van der Waals surface area contributed by atoms with E-state index in [0.717, 1.165) is 26.2 Å². The molecule has 7 heteroatoms. The molecule has 0 aliphatic rings. The van der Waals surface area contributed by atoms with Gasteiger partial charge in [0.05, 0.1) is 6.20 Å². The first-order valence-electron chi connectivity index (χ1n) is 4.34. The van der Waals surface area contributed by atoms with Crippen LogP contribution in [-0.4, -0.2) is 31.6 Å². The topological polar surface area (TPSA) is 43.1 Å². The molecule has 15 heavy (non-hydrogen) atoms. The second-order valence-electron chi connectivity index (χ2n) is 2.65. The number of fused-ring (bicyclic) bond motifs is 1. The minimum Gasteiger partial charge on any atom is -0.232 e. The van der Waals surface area contributed by atoms with Crippen molar-refractivity contribution >= 4 is 45.1 Å². The Morgan fingerprint density at radius 2 is 2.33 bits per heavy atom. The molecule has 4 nitrogen and oxygen atoms in total. The maximum absolute atomic E-state index is 4.43. The van der Waals surface area contributed by atoms with Crippen molar-refractivity contribution in [3.63, 3.8) is 0 Å². The molecule has 0 fully saturated rings. The van der Waals surface area contributed by atoms with E-state index in [9.17, 15) is 0 Å². The average Bonchev–Trinajstić information content (AvgIpc) is 2.60. The number of hydrogen-bond acceptors (Lipinski definition) is 5. The molecule has 0 N–H and O–H groups in total. The summed E-state index contributed by atoms with van der Waals surface area (Å²) in [6.45, 7) is 2.08. The number of nitrogens with zero attached hydrogens (tertiary/aromatic N) is 4. The Hall–Kier alpha value is -0.270. The highest BCUT2D eigenvalue weighted by molar-refractivity contribution is 9.10. The van der Waals surface area contributed by atoms with Crippen molar-refractivity contribution in [3.05, 3.63) is 10.8 Å². The number of rotatable bonds is 3. The predicted molar refractivity (Wildman–Crippen MR) is 66.7 cm³/mol. The van der Waals surface area contributed by atoms with E-state index in [4.69, 9.17) is 0 Å². The Morgan fingerprint density at radius 1 is 1.53 bits per heavy atom. The minimum absolute atomic E-state index is 0.785. The van der Waals surface area contributed by atoms with Gasteiger partial charge in [-0.1, -0.05) is 18.7 Å².